The second-order valence-electron chi connectivity index (χ2n) is 4.95. The van der Waals surface area contributed by atoms with Crippen LogP contribution in [-0.4, -0.2) is 12.0 Å². The number of halogens is 1. The average molecular weight is 348 g/mol. The quantitative estimate of drug-likeness (QED) is 0.885. The highest BCUT2D eigenvalue weighted by Gasteiger charge is 2.15. The van der Waals surface area contributed by atoms with Crippen LogP contribution in [0.1, 0.15) is 18.1 Å². The van der Waals surface area contributed by atoms with Crippen LogP contribution >= 0.6 is 15.9 Å². The maximum Gasteiger partial charge on any atom is 0.265 e. The van der Waals surface area contributed by atoms with Crippen LogP contribution in [0.4, 0.5) is 5.69 Å². The number of rotatable bonds is 4. The Morgan fingerprint density at radius 1 is 1.14 bits per heavy atom. The topological polar surface area (TPSA) is 38.3 Å². The van der Waals surface area contributed by atoms with Crippen molar-refractivity contribution in [2.45, 2.75) is 26.9 Å². The van der Waals surface area contributed by atoms with E-state index in [1.165, 1.54) is 0 Å². The van der Waals surface area contributed by atoms with Crippen LogP contribution in [-0.2, 0) is 4.79 Å². The van der Waals surface area contributed by atoms with Gasteiger partial charge in [0.15, 0.2) is 6.10 Å². The number of nitrogens with one attached hydrogen (secondary N) is 1. The minimum absolute atomic E-state index is 0.161. The molecule has 2 aromatic rings. The molecule has 4 heteroatoms. The molecular weight excluding hydrogens is 330 g/mol. The van der Waals surface area contributed by atoms with E-state index in [9.17, 15) is 4.79 Å². The lowest BCUT2D eigenvalue weighted by atomic mass is 10.1. The van der Waals surface area contributed by atoms with E-state index in [-0.39, 0.29) is 5.91 Å². The number of hydrogen-bond donors (Lipinski definition) is 1. The van der Waals surface area contributed by atoms with Crippen molar-refractivity contribution >= 4 is 27.5 Å². The Labute approximate surface area is 133 Å². The molecule has 21 heavy (non-hydrogen) atoms. The van der Waals surface area contributed by atoms with Crippen LogP contribution in [0.25, 0.3) is 0 Å². The zero-order valence-corrected chi connectivity index (χ0v) is 13.9. The number of carbonyl (C=O) groups excluding carboxylic acids is 1. The van der Waals surface area contributed by atoms with Gasteiger partial charge >= 0.3 is 0 Å². The Morgan fingerprint density at radius 2 is 1.81 bits per heavy atom. The van der Waals surface area contributed by atoms with Crippen molar-refractivity contribution < 1.29 is 9.53 Å². The largest absolute Gasteiger partial charge is 0.481 e. The number of hydrogen-bond acceptors (Lipinski definition) is 2. The van der Waals surface area contributed by atoms with Gasteiger partial charge in [-0.15, -0.1) is 0 Å². The molecule has 0 radical (unpaired) electrons. The van der Waals surface area contributed by atoms with E-state index < -0.39 is 6.10 Å². The van der Waals surface area contributed by atoms with E-state index in [2.05, 4.69) is 21.2 Å². The first-order valence-corrected chi connectivity index (χ1v) is 7.56. The Kier molecular flexibility index (Phi) is 5.02. The second-order valence-corrected chi connectivity index (χ2v) is 5.87. The normalized spacial score (nSPS) is 11.8. The van der Waals surface area contributed by atoms with Gasteiger partial charge in [-0.2, -0.15) is 0 Å². The summed E-state index contributed by atoms with van der Waals surface area (Å²) in [6.07, 6.45) is -0.564. The third-order valence-corrected chi connectivity index (χ3v) is 3.89. The Bertz CT molecular complexity index is 638. The van der Waals surface area contributed by atoms with E-state index in [1.807, 2.05) is 56.3 Å². The highest BCUT2D eigenvalue weighted by Crippen LogP contribution is 2.20. The molecule has 0 aliphatic rings. The number of ether oxygens (including phenoxy) is 1. The lowest BCUT2D eigenvalue weighted by Crippen LogP contribution is -2.30. The van der Waals surface area contributed by atoms with E-state index in [0.29, 0.717) is 5.75 Å². The maximum absolute atomic E-state index is 12.2. The summed E-state index contributed by atoms with van der Waals surface area (Å²) >= 11 is 3.36. The third kappa shape index (κ3) is 4.08. The third-order valence-electron chi connectivity index (χ3n) is 3.36. The number of anilines is 1. The van der Waals surface area contributed by atoms with Gasteiger partial charge in [0.2, 0.25) is 0 Å². The monoisotopic (exact) mass is 347 g/mol. The average Bonchev–Trinajstić information content (AvgIpc) is 2.46. The number of aryl methyl sites for hydroxylation is 1. The van der Waals surface area contributed by atoms with E-state index in [1.54, 1.807) is 6.92 Å². The van der Waals surface area contributed by atoms with Gasteiger partial charge in [-0.25, -0.2) is 0 Å². The highest BCUT2D eigenvalue weighted by molar-refractivity contribution is 9.10. The molecule has 1 atom stereocenters. The molecule has 0 saturated heterocycles. The predicted octanol–water partition coefficient (Wildman–Crippen LogP) is 4.47. The van der Waals surface area contributed by atoms with Crippen LogP contribution in [0, 0.1) is 13.8 Å². The summed E-state index contributed by atoms with van der Waals surface area (Å²) in [5, 5.41) is 2.91. The van der Waals surface area contributed by atoms with Crippen molar-refractivity contribution in [3.05, 3.63) is 58.1 Å². The summed E-state index contributed by atoms with van der Waals surface area (Å²) in [6.45, 7) is 5.75. The standard InChI is InChI=1S/C17H18BrNO2/c1-11-5-4-6-16(12(11)2)19-17(20)13(3)21-15-9-7-14(18)8-10-15/h4-10,13H,1-3H3,(H,19,20)/t13-/m0/s1. The molecule has 1 N–H and O–H groups in total. The maximum atomic E-state index is 12.2. The first kappa shape index (κ1) is 15.6. The van der Waals surface area contributed by atoms with E-state index >= 15 is 0 Å². The van der Waals surface area contributed by atoms with Crippen molar-refractivity contribution in [1.29, 1.82) is 0 Å². The first-order chi connectivity index (χ1) is 9.97. The van der Waals surface area contributed by atoms with Crippen molar-refractivity contribution in [2.24, 2.45) is 0 Å². The van der Waals surface area contributed by atoms with Gasteiger partial charge in [-0.3, -0.25) is 4.79 Å². The lowest BCUT2D eigenvalue weighted by molar-refractivity contribution is -0.122. The van der Waals surface area contributed by atoms with Gasteiger partial charge in [0.25, 0.3) is 5.91 Å². The molecule has 0 bridgehead atoms. The lowest BCUT2D eigenvalue weighted by Gasteiger charge is -2.16. The van der Waals surface area contributed by atoms with Gasteiger partial charge in [-0.05, 0) is 62.2 Å². The Balaban J connectivity index is 2.02. The van der Waals surface area contributed by atoms with Gasteiger partial charge in [0, 0.05) is 10.2 Å². The fraction of sp³-hybridized carbons (Fsp3) is 0.235. The van der Waals surface area contributed by atoms with E-state index in [4.69, 9.17) is 4.74 Å². The fourth-order valence-electron chi connectivity index (χ4n) is 1.89. The summed E-state index contributed by atoms with van der Waals surface area (Å²) in [5.74, 6) is 0.508. The zero-order valence-electron chi connectivity index (χ0n) is 12.3. The molecule has 3 nitrogen and oxygen atoms in total. The molecule has 110 valence electrons. The Morgan fingerprint density at radius 3 is 2.48 bits per heavy atom. The van der Waals surface area contributed by atoms with Crippen molar-refractivity contribution in [2.75, 3.05) is 5.32 Å². The van der Waals surface area contributed by atoms with Gasteiger partial charge < -0.3 is 10.1 Å². The number of carbonyl (C=O) groups is 1. The summed E-state index contributed by atoms with van der Waals surface area (Å²) in [7, 11) is 0. The molecule has 1 amide bonds. The molecular formula is C17H18BrNO2. The Hall–Kier alpha value is -1.81. The fourth-order valence-corrected chi connectivity index (χ4v) is 2.16. The van der Waals surface area contributed by atoms with Crippen LogP contribution < -0.4 is 10.1 Å². The number of benzene rings is 2. The van der Waals surface area contributed by atoms with Crippen LogP contribution in [0.15, 0.2) is 46.9 Å². The molecule has 0 aliphatic heterocycles. The predicted molar refractivity (Wildman–Crippen MR) is 88.8 cm³/mol. The molecule has 2 aromatic carbocycles. The number of amides is 1. The SMILES string of the molecule is Cc1cccc(NC(=O)[C@H](C)Oc2ccc(Br)cc2)c1C. The highest BCUT2D eigenvalue weighted by atomic mass is 79.9. The van der Waals surface area contributed by atoms with Crippen molar-refractivity contribution in [3.8, 4) is 5.75 Å². The molecule has 0 saturated carbocycles. The van der Waals surface area contributed by atoms with E-state index in [0.717, 1.165) is 21.3 Å². The van der Waals surface area contributed by atoms with Gasteiger partial charge in [0.1, 0.15) is 5.75 Å². The molecule has 0 spiro atoms. The van der Waals surface area contributed by atoms with Crippen molar-refractivity contribution in [3.63, 3.8) is 0 Å². The summed E-state index contributed by atoms with van der Waals surface area (Å²) in [5.41, 5.74) is 3.04. The van der Waals surface area contributed by atoms with Crippen LogP contribution in [0.2, 0.25) is 0 Å². The summed E-state index contributed by atoms with van der Waals surface area (Å²) < 4.78 is 6.61. The minimum Gasteiger partial charge on any atom is -0.481 e. The molecule has 0 unspecified atom stereocenters. The molecule has 0 heterocycles. The van der Waals surface area contributed by atoms with Crippen molar-refractivity contribution in [1.82, 2.24) is 0 Å². The molecule has 0 aromatic heterocycles. The van der Waals surface area contributed by atoms with Crippen LogP contribution in [0.3, 0.4) is 0 Å². The summed E-state index contributed by atoms with van der Waals surface area (Å²) in [4.78, 5) is 12.2. The van der Waals surface area contributed by atoms with Gasteiger partial charge in [0.05, 0.1) is 0 Å². The van der Waals surface area contributed by atoms with Crippen LogP contribution in [0.5, 0.6) is 5.75 Å². The summed E-state index contributed by atoms with van der Waals surface area (Å²) in [6, 6.07) is 13.3. The second kappa shape index (κ2) is 6.76. The zero-order chi connectivity index (χ0) is 15.4. The molecule has 2 rings (SSSR count). The molecule has 0 fully saturated rings. The minimum atomic E-state index is -0.564. The molecule has 0 aliphatic carbocycles. The van der Waals surface area contributed by atoms with Gasteiger partial charge in [-0.1, -0.05) is 28.1 Å². The first-order valence-electron chi connectivity index (χ1n) is 6.76. The smallest absolute Gasteiger partial charge is 0.265 e.